The molecule has 5 aromatic rings. The SMILES string of the molecule is CCCCOc1ccc(OCCCC)c2c1n(Cc1ccccc1Cn1c[n+](C)c3c(OCCCC)ccc(OCCCC)c31)c[n+]2C. The van der Waals surface area contributed by atoms with Crippen molar-refractivity contribution in [3.05, 3.63) is 72.3 Å². The lowest BCUT2D eigenvalue weighted by Gasteiger charge is -2.12. The summed E-state index contributed by atoms with van der Waals surface area (Å²) in [5, 5.41) is 0. The number of aryl methyl sites for hydroxylation is 2. The number of rotatable bonds is 20. The maximum absolute atomic E-state index is 6.39. The Hall–Kier alpha value is -4.20. The summed E-state index contributed by atoms with van der Waals surface area (Å²) < 4.78 is 34.3. The summed E-state index contributed by atoms with van der Waals surface area (Å²) in [6.07, 6.45) is 12.8. The highest BCUT2D eigenvalue weighted by atomic mass is 16.5. The minimum absolute atomic E-state index is 0.692. The topological polar surface area (TPSA) is 54.5 Å². The molecule has 8 nitrogen and oxygen atoms in total. The van der Waals surface area contributed by atoms with Gasteiger partial charge in [0.2, 0.25) is 34.7 Å². The molecule has 48 heavy (non-hydrogen) atoms. The van der Waals surface area contributed by atoms with Crippen molar-refractivity contribution in [1.29, 1.82) is 0 Å². The maximum Gasteiger partial charge on any atom is 0.245 e. The monoisotopic (exact) mass is 656 g/mol. The number of aromatic nitrogens is 4. The Morgan fingerprint density at radius 1 is 0.479 bits per heavy atom. The molecule has 2 heterocycles. The Balaban J connectivity index is 1.53. The van der Waals surface area contributed by atoms with E-state index < -0.39 is 0 Å². The first-order chi connectivity index (χ1) is 23.5. The van der Waals surface area contributed by atoms with E-state index in [4.69, 9.17) is 18.9 Å². The average Bonchev–Trinajstić information content (AvgIpc) is 3.60. The lowest BCUT2D eigenvalue weighted by atomic mass is 10.1. The first kappa shape index (κ1) is 35.1. The maximum atomic E-state index is 6.39. The molecule has 0 aliphatic carbocycles. The summed E-state index contributed by atoms with van der Waals surface area (Å²) in [4.78, 5) is 0. The van der Waals surface area contributed by atoms with Crippen LogP contribution in [0.5, 0.6) is 23.0 Å². The van der Waals surface area contributed by atoms with Gasteiger partial charge in [-0.05, 0) is 49.9 Å². The summed E-state index contributed by atoms with van der Waals surface area (Å²) in [7, 11) is 4.19. The number of fused-ring (bicyclic) bond motifs is 2. The molecule has 0 fully saturated rings. The van der Waals surface area contributed by atoms with E-state index in [1.165, 1.54) is 11.1 Å². The van der Waals surface area contributed by atoms with Crippen molar-refractivity contribution in [2.75, 3.05) is 26.4 Å². The fourth-order valence-corrected chi connectivity index (χ4v) is 6.22. The highest BCUT2D eigenvalue weighted by molar-refractivity contribution is 5.86. The quantitative estimate of drug-likeness (QED) is 0.0629. The van der Waals surface area contributed by atoms with E-state index in [1.807, 2.05) is 0 Å². The van der Waals surface area contributed by atoms with E-state index in [0.29, 0.717) is 39.5 Å². The molecule has 8 heteroatoms. The second-order valence-corrected chi connectivity index (χ2v) is 12.8. The molecule has 0 atom stereocenters. The lowest BCUT2D eigenvalue weighted by molar-refractivity contribution is -0.646. The van der Waals surface area contributed by atoms with E-state index >= 15 is 0 Å². The average molecular weight is 657 g/mol. The summed E-state index contributed by atoms with van der Waals surface area (Å²) in [5.41, 5.74) is 6.75. The molecule has 0 amide bonds. The zero-order valence-electron chi connectivity index (χ0n) is 30.1. The van der Waals surface area contributed by atoms with Crippen LogP contribution in [-0.4, -0.2) is 35.6 Å². The van der Waals surface area contributed by atoms with Gasteiger partial charge < -0.3 is 18.9 Å². The van der Waals surface area contributed by atoms with E-state index in [9.17, 15) is 0 Å². The second-order valence-electron chi connectivity index (χ2n) is 12.8. The largest absolute Gasteiger partial charge is 0.489 e. The molecular weight excluding hydrogens is 600 g/mol. The van der Waals surface area contributed by atoms with Gasteiger partial charge >= 0.3 is 0 Å². The van der Waals surface area contributed by atoms with Crippen LogP contribution in [0.2, 0.25) is 0 Å². The van der Waals surface area contributed by atoms with E-state index in [2.05, 4.69) is 121 Å². The Bertz CT molecular complexity index is 1640. The molecule has 0 bridgehead atoms. The van der Waals surface area contributed by atoms with Crippen molar-refractivity contribution < 1.29 is 28.1 Å². The fourth-order valence-electron chi connectivity index (χ4n) is 6.22. The molecule has 0 spiro atoms. The smallest absolute Gasteiger partial charge is 0.245 e. The highest BCUT2D eigenvalue weighted by Crippen LogP contribution is 2.34. The summed E-state index contributed by atoms with van der Waals surface area (Å²) in [6.45, 7) is 13.0. The second kappa shape index (κ2) is 17.3. The zero-order valence-corrected chi connectivity index (χ0v) is 30.1. The van der Waals surface area contributed by atoms with Gasteiger partial charge in [-0.3, -0.25) is 0 Å². The van der Waals surface area contributed by atoms with Crippen LogP contribution in [0.1, 0.15) is 90.2 Å². The van der Waals surface area contributed by atoms with Crippen molar-refractivity contribution in [1.82, 2.24) is 9.13 Å². The number of imidazole rings is 2. The molecular formula is C40H56N4O4+2. The van der Waals surface area contributed by atoms with Crippen molar-refractivity contribution >= 4 is 22.1 Å². The van der Waals surface area contributed by atoms with Gasteiger partial charge in [0.15, 0.2) is 23.0 Å². The molecule has 0 saturated heterocycles. The van der Waals surface area contributed by atoms with Crippen molar-refractivity contribution in [3.63, 3.8) is 0 Å². The fraction of sp³-hybridized carbons (Fsp3) is 0.500. The van der Waals surface area contributed by atoms with E-state index in [1.54, 1.807) is 0 Å². The number of hydrogen-bond donors (Lipinski definition) is 0. The third-order valence-corrected chi connectivity index (χ3v) is 8.88. The molecule has 0 unspecified atom stereocenters. The zero-order chi connectivity index (χ0) is 33.9. The van der Waals surface area contributed by atoms with Crippen LogP contribution < -0.4 is 28.1 Å². The Kier molecular flexibility index (Phi) is 12.6. The van der Waals surface area contributed by atoms with Crippen molar-refractivity contribution in [2.45, 2.75) is 92.2 Å². The molecule has 0 aliphatic heterocycles. The number of nitrogens with zero attached hydrogens (tertiary/aromatic N) is 4. The molecule has 0 N–H and O–H groups in total. The van der Waals surface area contributed by atoms with Crippen LogP contribution in [-0.2, 0) is 27.2 Å². The van der Waals surface area contributed by atoms with Gasteiger partial charge in [0.1, 0.15) is 13.1 Å². The van der Waals surface area contributed by atoms with Crippen LogP contribution in [0.25, 0.3) is 22.1 Å². The number of unbranched alkanes of at least 4 members (excludes halogenated alkanes) is 4. The summed E-state index contributed by atoms with van der Waals surface area (Å²) in [5.74, 6) is 3.59. The number of ether oxygens (including phenoxy) is 4. The van der Waals surface area contributed by atoms with Gasteiger partial charge in [-0.25, -0.2) is 18.3 Å². The van der Waals surface area contributed by atoms with Gasteiger partial charge in [-0.15, -0.1) is 0 Å². The predicted molar refractivity (Wildman–Crippen MR) is 192 cm³/mol. The minimum Gasteiger partial charge on any atom is -0.489 e. The van der Waals surface area contributed by atoms with E-state index in [0.717, 1.165) is 96.4 Å². The Morgan fingerprint density at radius 3 is 1.17 bits per heavy atom. The minimum atomic E-state index is 0.692. The molecule has 3 aromatic carbocycles. The molecule has 0 aliphatic rings. The van der Waals surface area contributed by atoms with Gasteiger partial charge in [0, 0.05) is 11.1 Å². The third-order valence-electron chi connectivity index (χ3n) is 8.88. The first-order valence-electron chi connectivity index (χ1n) is 18.1. The Labute approximate surface area is 286 Å². The highest BCUT2D eigenvalue weighted by Gasteiger charge is 2.26. The molecule has 258 valence electrons. The van der Waals surface area contributed by atoms with E-state index in [-0.39, 0.29) is 0 Å². The van der Waals surface area contributed by atoms with Crippen LogP contribution in [0.4, 0.5) is 0 Å². The standard InChI is InChI=1S/C40H56N4O4/c1-7-11-23-45-33-19-21-35(47-25-13-9-3)39-37(33)41(5)29-43(39)27-31-17-15-16-18-32(31)28-44-30-42(6)38-34(46-24-12-8-2)20-22-36(40(38)44)48-26-14-10-4/h15-22,29-30H,7-14,23-28H2,1-6H3/q+2. The van der Waals surface area contributed by atoms with Crippen LogP contribution in [0, 0.1) is 0 Å². The normalized spacial score (nSPS) is 11.5. The van der Waals surface area contributed by atoms with Gasteiger partial charge in [-0.2, -0.15) is 0 Å². The summed E-state index contributed by atoms with van der Waals surface area (Å²) in [6, 6.07) is 17.0. The van der Waals surface area contributed by atoms with Crippen LogP contribution in [0.3, 0.4) is 0 Å². The first-order valence-corrected chi connectivity index (χ1v) is 18.1. The van der Waals surface area contributed by atoms with Crippen molar-refractivity contribution in [2.24, 2.45) is 14.1 Å². The molecule has 2 aromatic heterocycles. The summed E-state index contributed by atoms with van der Waals surface area (Å²) >= 11 is 0. The molecule has 5 rings (SSSR count). The third kappa shape index (κ3) is 8.08. The number of hydrogen-bond acceptors (Lipinski definition) is 4. The van der Waals surface area contributed by atoms with Crippen LogP contribution >= 0.6 is 0 Å². The van der Waals surface area contributed by atoms with Gasteiger partial charge in [0.05, 0.1) is 40.5 Å². The van der Waals surface area contributed by atoms with Crippen molar-refractivity contribution in [3.8, 4) is 23.0 Å². The number of benzene rings is 3. The molecule has 0 radical (unpaired) electrons. The Morgan fingerprint density at radius 2 is 0.812 bits per heavy atom. The van der Waals surface area contributed by atoms with Gasteiger partial charge in [-0.1, -0.05) is 77.6 Å². The molecule has 0 saturated carbocycles. The van der Waals surface area contributed by atoms with Gasteiger partial charge in [0.25, 0.3) is 0 Å². The van der Waals surface area contributed by atoms with Crippen LogP contribution in [0.15, 0.2) is 61.2 Å². The lowest BCUT2D eigenvalue weighted by Crippen LogP contribution is -2.26. The predicted octanol–water partition coefficient (Wildman–Crippen LogP) is 8.06.